The number of hydrogen-bond donors (Lipinski definition) is 0. The van der Waals surface area contributed by atoms with Crippen molar-refractivity contribution in [1.82, 2.24) is 0 Å². The van der Waals surface area contributed by atoms with Crippen molar-refractivity contribution in [2.24, 2.45) is 0 Å². The van der Waals surface area contributed by atoms with E-state index in [1.54, 1.807) is 49.5 Å². The zero-order valence-electron chi connectivity index (χ0n) is 17.2. The van der Waals surface area contributed by atoms with Crippen LogP contribution in [0, 0.1) is 0 Å². The first kappa shape index (κ1) is 21.4. The van der Waals surface area contributed by atoms with Crippen LogP contribution in [0.15, 0.2) is 42.5 Å². The summed E-state index contributed by atoms with van der Waals surface area (Å²) < 4.78 is 15.6. The monoisotopic (exact) mass is 411 g/mol. The summed E-state index contributed by atoms with van der Waals surface area (Å²) >= 11 is 0. The van der Waals surface area contributed by atoms with E-state index in [0.29, 0.717) is 42.1 Å². The number of ether oxygens (including phenoxy) is 3. The van der Waals surface area contributed by atoms with Crippen molar-refractivity contribution in [2.75, 3.05) is 32.3 Å². The quantitative estimate of drug-likeness (QED) is 0.466. The van der Waals surface area contributed by atoms with E-state index in [9.17, 15) is 14.4 Å². The van der Waals surface area contributed by atoms with Gasteiger partial charge in [0.05, 0.1) is 14.2 Å². The van der Waals surface area contributed by atoms with Gasteiger partial charge in [0.1, 0.15) is 11.5 Å². The number of rotatable bonds is 9. The van der Waals surface area contributed by atoms with Gasteiger partial charge in [0.2, 0.25) is 5.91 Å². The molecule has 1 amide bonds. The van der Waals surface area contributed by atoms with Crippen molar-refractivity contribution < 1.29 is 28.6 Å². The van der Waals surface area contributed by atoms with Crippen LogP contribution < -0.4 is 14.4 Å². The molecule has 0 radical (unpaired) electrons. The fourth-order valence-electron chi connectivity index (χ4n) is 3.33. The highest BCUT2D eigenvalue weighted by Crippen LogP contribution is 2.24. The van der Waals surface area contributed by atoms with Gasteiger partial charge < -0.3 is 19.1 Å². The van der Waals surface area contributed by atoms with Crippen LogP contribution in [0.25, 0.3) is 0 Å². The molecule has 0 unspecified atom stereocenters. The lowest BCUT2D eigenvalue weighted by Crippen LogP contribution is -2.24. The standard InChI is InChI=1S/C23H25NO6/c1-28-19-11-16(12-20(14-19)29-2)8-9-23(27)30-15-21(25)17-5-3-6-18(13-17)24-10-4-7-22(24)26/h3,5-6,11-14H,4,7-10,15H2,1-2H3. The number of carbonyl (C=O) groups is 3. The SMILES string of the molecule is COc1cc(CCC(=O)OCC(=O)c2cccc(N3CCCC3=O)c2)cc(OC)c1. The van der Waals surface area contributed by atoms with Crippen LogP contribution >= 0.6 is 0 Å². The first-order valence-corrected chi connectivity index (χ1v) is 9.81. The minimum absolute atomic E-state index is 0.0557. The predicted octanol–water partition coefficient (Wildman–Crippen LogP) is 3.19. The first-order chi connectivity index (χ1) is 14.5. The molecule has 7 nitrogen and oxygen atoms in total. The third kappa shape index (κ3) is 5.37. The highest BCUT2D eigenvalue weighted by atomic mass is 16.5. The Morgan fingerprint density at radius 1 is 1.03 bits per heavy atom. The molecule has 1 heterocycles. The van der Waals surface area contributed by atoms with Gasteiger partial charge >= 0.3 is 5.97 Å². The molecule has 0 N–H and O–H groups in total. The van der Waals surface area contributed by atoms with Crippen molar-refractivity contribution in [3.63, 3.8) is 0 Å². The molecule has 1 aliphatic heterocycles. The number of nitrogens with zero attached hydrogens (tertiary/aromatic N) is 1. The van der Waals surface area contributed by atoms with Gasteiger partial charge in [-0.3, -0.25) is 14.4 Å². The largest absolute Gasteiger partial charge is 0.497 e. The maximum absolute atomic E-state index is 12.4. The Morgan fingerprint density at radius 2 is 1.77 bits per heavy atom. The number of anilines is 1. The molecule has 30 heavy (non-hydrogen) atoms. The van der Waals surface area contributed by atoms with E-state index < -0.39 is 5.97 Å². The number of Topliss-reactive ketones (excluding diaryl/α,β-unsaturated/α-hetero) is 1. The summed E-state index contributed by atoms with van der Waals surface area (Å²) in [5, 5.41) is 0. The summed E-state index contributed by atoms with van der Waals surface area (Å²) in [6.07, 6.45) is 1.90. The lowest BCUT2D eigenvalue weighted by atomic mass is 10.1. The van der Waals surface area contributed by atoms with Crippen molar-refractivity contribution in [2.45, 2.75) is 25.7 Å². The summed E-state index contributed by atoms with van der Waals surface area (Å²) in [4.78, 5) is 38.1. The molecule has 1 saturated heterocycles. The first-order valence-electron chi connectivity index (χ1n) is 9.81. The Bertz CT molecular complexity index is 917. The van der Waals surface area contributed by atoms with Gasteiger partial charge in [-0.15, -0.1) is 0 Å². The molecule has 0 atom stereocenters. The highest BCUT2D eigenvalue weighted by Gasteiger charge is 2.22. The van der Waals surface area contributed by atoms with Crippen molar-refractivity contribution in [3.8, 4) is 11.5 Å². The molecular weight excluding hydrogens is 386 g/mol. The van der Waals surface area contributed by atoms with E-state index in [1.165, 1.54) is 0 Å². The van der Waals surface area contributed by atoms with Crippen molar-refractivity contribution in [3.05, 3.63) is 53.6 Å². The van der Waals surface area contributed by atoms with E-state index >= 15 is 0 Å². The second-order valence-corrected chi connectivity index (χ2v) is 7.00. The van der Waals surface area contributed by atoms with Crippen LogP contribution in [0.3, 0.4) is 0 Å². The predicted molar refractivity (Wildman–Crippen MR) is 111 cm³/mol. The van der Waals surface area contributed by atoms with E-state index in [1.807, 2.05) is 12.1 Å². The Hall–Kier alpha value is -3.35. The minimum atomic E-state index is -0.462. The second kappa shape index (κ2) is 9.91. The fourth-order valence-corrected chi connectivity index (χ4v) is 3.33. The molecule has 0 aliphatic carbocycles. The number of aryl methyl sites for hydroxylation is 1. The Labute approximate surface area is 175 Å². The van der Waals surface area contributed by atoms with Gasteiger partial charge in [-0.2, -0.15) is 0 Å². The van der Waals surface area contributed by atoms with E-state index in [2.05, 4.69) is 0 Å². The minimum Gasteiger partial charge on any atom is -0.497 e. The van der Waals surface area contributed by atoms with E-state index in [0.717, 1.165) is 12.0 Å². The molecule has 2 aromatic rings. The Kier molecular flexibility index (Phi) is 7.06. The smallest absolute Gasteiger partial charge is 0.306 e. The fraction of sp³-hybridized carbons (Fsp3) is 0.348. The Balaban J connectivity index is 1.52. The zero-order valence-corrected chi connectivity index (χ0v) is 17.2. The third-order valence-corrected chi connectivity index (χ3v) is 4.95. The Morgan fingerprint density at radius 3 is 2.40 bits per heavy atom. The molecule has 7 heteroatoms. The van der Waals surface area contributed by atoms with Crippen LogP contribution in [-0.4, -0.2) is 45.0 Å². The molecule has 1 fully saturated rings. The van der Waals surface area contributed by atoms with Gasteiger partial charge in [0.25, 0.3) is 0 Å². The normalized spacial score (nSPS) is 13.3. The highest BCUT2D eigenvalue weighted by molar-refractivity contribution is 6.01. The average molecular weight is 411 g/mol. The molecule has 0 spiro atoms. The number of benzene rings is 2. The second-order valence-electron chi connectivity index (χ2n) is 7.00. The van der Waals surface area contributed by atoms with Crippen molar-refractivity contribution >= 4 is 23.3 Å². The number of carbonyl (C=O) groups excluding carboxylic acids is 3. The van der Waals surface area contributed by atoms with Gasteiger partial charge in [0, 0.05) is 36.7 Å². The number of esters is 1. The lowest BCUT2D eigenvalue weighted by molar-refractivity contribution is -0.142. The summed E-state index contributed by atoms with van der Waals surface area (Å²) in [6.45, 7) is 0.318. The van der Waals surface area contributed by atoms with E-state index in [4.69, 9.17) is 14.2 Å². The summed E-state index contributed by atoms with van der Waals surface area (Å²) in [7, 11) is 3.13. The van der Waals surface area contributed by atoms with E-state index in [-0.39, 0.29) is 24.7 Å². The third-order valence-electron chi connectivity index (χ3n) is 4.95. The molecular formula is C23H25NO6. The topological polar surface area (TPSA) is 82.1 Å². The molecule has 2 aromatic carbocycles. The van der Waals surface area contributed by atoms with Gasteiger partial charge in [0.15, 0.2) is 12.4 Å². The van der Waals surface area contributed by atoms with Gasteiger partial charge in [-0.1, -0.05) is 12.1 Å². The maximum atomic E-state index is 12.4. The summed E-state index contributed by atoms with van der Waals surface area (Å²) in [6, 6.07) is 12.3. The summed E-state index contributed by atoms with van der Waals surface area (Å²) in [5.74, 6) is 0.574. The number of amides is 1. The number of ketones is 1. The number of hydrogen-bond acceptors (Lipinski definition) is 6. The molecule has 1 aliphatic rings. The average Bonchev–Trinajstić information content (AvgIpc) is 3.21. The van der Waals surface area contributed by atoms with Crippen LogP contribution in [0.5, 0.6) is 11.5 Å². The van der Waals surface area contributed by atoms with Crippen LogP contribution in [-0.2, 0) is 20.7 Å². The van der Waals surface area contributed by atoms with Crippen LogP contribution in [0.2, 0.25) is 0 Å². The van der Waals surface area contributed by atoms with Crippen molar-refractivity contribution in [1.29, 1.82) is 0 Å². The maximum Gasteiger partial charge on any atom is 0.306 e. The lowest BCUT2D eigenvalue weighted by Gasteiger charge is -2.16. The zero-order chi connectivity index (χ0) is 21.5. The summed E-state index contributed by atoms with van der Waals surface area (Å²) in [5.41, 5.74) is 1.98. The van der Waals surface area contributed by atoms with Gasteiger partial charge in [-0.25, -0.2) is 0 Å². The molecule has 3 rings (SSSR count). The van der Waals surface area contributed by atoms with Gasteiger partial charge in [-0.05, 0) is 42.7 Å². The van der Waals surface area contributed by atoms with Crippen LogP contribution in [0.4, 0.5) is 5.69 Å². The van der Waals surface area contributed by atoms with Crippen LogP contribution in [0.1, 0.15) is 35.2 Å². The molecule has 0 bridgehead atoms. The number of methoxy groups -OCH3 is 2. The molecule has 158 valence electrons. The molecule has 0 aromatic heterocycles. The molecule has 0 saturated carbocycles.